The second-order valence-electron chi connectivity index (χ2n) is 4.10. The van der Waals surface area contributed by atoms with E-state index < -0.39 is 12.0 Å². The smallest absolute Gasteiger partial charge is 0.326 e. The second-order valence-corrected chi connectivity index (χ2v) is 4.10. The number of hydrogen-bond acceptors (Lipinski definition) is 4. The van der Waals surface area contributed by atoms with Gasteiger partial charge in [-0.1, -0.05) is 5.16 Å². The number of piperidine rings is 1. The van der Waals surface area contributed by atoms with Crippen LogP contribution in [0, 0.1) is 0 Å². The van der Waals surface area contributed by atoms with E-state index in [4.69, 9.17) is 5.11 Å². The quantitative estimate of drug-likeness (QED) is 0.837. The maximum atomic E-state index is 12.0. The first-order valence-electron chi connectivity index (χ1n) is 5.60. The van der Waals surface area contributed by atoms with Gasteiger partial charge in [-0.05, 0) is 19.3 Å². The minimum absolute atomic E-state index is 0.0975. The van der Waals surface area contributed by atoms with Crippen LogP contribution in [0.2, 0.25) is 0 Å². The van der Waals surface area contributed by atoms with Crippen molar-refractivity contribution in [2.24, 2.45) is 0 Å². The number of aliphatic carboxylic acids is 1. The van der Waals surface area contributed by atoms with Gasteiger partial charge in [-0.25, -0.2) is 4.79 Å². The molecule has 1 aliphatic rings. The van der Waals surface area contributed by atoms with Gasteiger partial charge in [0.1, 0.15) is 12.3 Å². The molecule has 1 N–H and O–H groups in total. The molecule has 0 aliphatic carbocycles. The van der Waals surface area contributed by atoms with E-state index in [-0.39, 0.29) is 12.3 Å². The van der Waals surface area contributed by atoms with Crippen LogP contribution in [0.25, 0.3) is 0 Å². The number of likely N-dealkylation sites (tertiary alicyclic amines) is 1. The van der Waals surface area contributed by atoms with Gasteiger partial charge in [0.05, 0.1) is 12.1 Å². The molecule has 1 amide bonds. The first kappa shape index (κ1) is 11.6. The summed E-state index contributed by atoms with van der Waals surface area (Å²) in [6.45, 7) is 0.508. The lowest BCUT2D eigenvalue weighted by Gasteiger charge is -2.32. The zero-order chi connectivity index (χ0) is 12.3. The van der Waals surface area contributed by atoms with E-state index in [1.54, 1.807) is 6.07 Å². The van der Waals surface area contributed by atoms with E-state index in [0.717, 1.165) is 12.8 Å². The summed E-state index contributed by atoms with van der Waals surface area (Å²) in [5, 5.41) is 12.7. The van der Waals surface area contributed by atoms with Crippen molar-refractivity contribution < 1.29 is 19.2 Å². The SMILES string of the molecule is O=C(O)C1CCCCN1C(=O)Cc1ccon1. The number of carboxylic acids is 1. The summed E-state index contributed by atoms with van der Waals surface area (Å²) in [4.78, 5) is 24.4. The Labute approximate surface area is 98.2 Å². The third-order valence-corrected chi connectivity index (χ3v) is 2.93. The summed E-state index contributed by atoms with van der Waals surface area (Å²) in [7, 11) is 0. The molecule has 6 heteroatoms. The number of aromatic nitrogens is 1. The van der Waals surface area contributed by atoms with Crippen LogP contribution in [-0.4, -0.2) is 39.6 Å². The molecule has 1 atom stereocenters. The molecular formula is C11H14N2O4. The van der Waals surface area contributed by atoms with Crippen molar-refractivity contribution >= 4 is 11.9 Å². The molecule has 0 bridgehead atoms. The van der Waals surface area contributed by atoms with Crippen LogP contribution in [-0.2, 0) is 16.0 Å². The fraction of sp³-hybridized carbons (Fsp3) is 0.545. The molecule has 6 nitrogen and oxygen atoms in total. The fourth-order valence-electron chi connectivity index (χ4n) is 2.07. The van der Waals surface area contributed by atoms with Gasteiger partial charge in [0.25, 0.3) is 0 Å². The monoisotopic (exact) mass is 238 g/mol. The Balaban J connectivity index is 2.03. The predicted molar refractivity (Wildman–Crippen MR) is 57.2 cm³/mol. The Kier molecular flexibility index (Phi) is 3.41. The highest BCUT2D eigenvalue weighted by Crippen LogP contribution is 2.18. The van der Waals surface area contributed by atoms with Crippen LogP contribution in [0.1, 0.15) is 25.0 Å². The third-order valence-electron chi connectivity index (χ3n) is 2.93. The number of carbonyl (C=O) groups excluding carboxylic acids is 1. The Hall–Kier alpha value is -1.85. The lowest BCUT2D eigenvalue weighted by molar-refractivity contribution is -0.151. The summed E-state index contributed by atoms with van der Waals surface area (Å²) in [6.07, 6.45) is 3.73. The Bertz CT molecular complexity index is 402. The zero-order valence-electron chi connectivity index (χ0n) is 9.33. The third kappa shape index (κ3) is 2.64. The van der Waals surface area contributed by atoms with Gasteiger partial charge in [0.15, 0.2) is 0 Å². The number of rotatable bonds is 3. The summed E-state index contributed by atoms with van der Waals surface area (Å²) >= 11 is 0. The summed E-state index contributed by atoms with van der Waals surface area (Å²) in [6, 6.07) is 0.917. The van der Waals surface area contributed by atoms with Crippen LogP contribution in [0.5, 0.6) is 0 Å². The molecule has 1 aromatic rings. The number of hydrogen-bond donors (Lipinski definition) is 1. The lowest BCUT2D eigenvalue weighted by Crippen LogP contribution is -2.48. The predicted octanol–water partition coefficient (Wildman–Crippen LogP) is 0.683. The van der Waals surface area contributed by atoms with Crippen LogP contribution in [0.15, 0.2) is 16.9 Å². The van der Waals surface area contributed by atoms with Gasteiger partial charge in [-0.2, -0.15) is 0 Å². The maximum absolute atomic E-state index is 12.0. The summed E-state index contributed by atoms with van der Waals surface area (Å²) in [5.74, 6) is -1.13. The molecule has 2 rings (SSSR count). The van der Waals surface area contributed by atoms with Crippen molar-refractivity contribution in [1.29, 1.82) is 0 Å². The van der Waals surface area contributed by atoms with Gasteiger partial charge >= 0.3 is 5.97 Å². The van der Waals surface area contributed by atoms with Crippen molar-refractivity contribution in [2.75, 3.05) is 6.54 Å². The summed E-state index contributed by atoms with van der Waals surface area (Å²) in [5.41, 5.74) is 0.532. The number of carbonyl (C=O) groups is 2. The molecule has 0 saturated carbocycles. The summed E-state index contributed by atoms with van der Waals surface area (Å²) < 4.78 is 4.64. The van der Waals surface area contributed by atoms with E-state index >= 15 is 0 Å². The first-order chi connectivity index (χ1) is 8.18. The average Bonchev–Trinajstić information content (AvgIpc) is 2.81. The minimum atomic E-state index is -0.932. The molecule has 0 radical (unpaired) electrons. The fourth-order valence-corrected chi connectivity index (χ4v) is 2.07. The molecule has 1 aromatic heterocycles. The molecule has 0 spiro atoms. The highest BCUT2D eigenvalue weighted by atomic mass is 16.5. The van der Waals surface area contributed by atoms with Crippen LogP contribution in [0.4, 0.5) is 0 Å². The number of carboxylic acid groups (broad SMARTS) is 1. The van der Waals surface area contributed by atoms with Crippen molar-refractivity contribution in [3.63, 3.8) is 0 Å². The van der Waals surface area contributed by atoms with E-state index in [0.29, 0.717) is 18.7 Å². The topological polar surface area (TPSA) is 83.6 Å². The van der Waals surface area contributed by atoms with Crippen molar-refractivity contribution in [1.82, 2.24) is 10.1 Å². The van der Waals surface area contributed by atoms with E-state index in [1.807, 2.05) is 0 Å². The molecular weight excluding hydrogens is 224 g/mol. The van der Waals surface area contributed by atoms with Gasteiger partial charge in [0.2, 0.25) is 5.91 Å². The van der Waals surface area contributed by atoms with Crippen LogP contribution in [0.3, 0.4) is 0 Å². The molecule has 1 fully saturated rings. The van der Waals surface area contributed by atoms with Crippen LogP contribution < -0.4 is 0 Å². The van der Waals surface area contributed by atoms with Crippen LogP contribution >= 0.6 is 0 Å². The lowest BCUT2D eigenvalue weighted by atomic mass is 10.0. The van der Waals surface area contributed by atoms with Gasteiger partial charge in [-0.3, -0.25) is 4.79 Å². The number of amides is 1. The molecule has 92 valence electrons. The van der Waals surface area contributed by atoms with Gasteiger partial charge in [-0.15, -0.1) is 0 Å². The van der Waals surface area contributed by atoms with Crippen molar-refractivity contribution in [2.45, 2.75) is 31.7 Å². The van der Waals surface area contributed by atoms with Gasteiger partial charge < -0.3 is 14.5 Å². The van der Waals surface area contributed by atoms with Crippen molar-refractivity contribution in [3.05, 3.63) is 18.0 Å². The molecule has 1 saturated heterocycles. The molecule has 1 unspecified atom stereocenters. The highest BCUT2D eigenvalue weighted by molar-refractivity contribution is 5.84. The zero-order valence-corrected chi connectivity index (χ0v) is 9.33. The molecule has 17 heavy (non-hydrogen) atoms. The van der Waals surface area contributed by atoms with E-state index in [2.05, 4.69) is 9.68 Å². The first-order valence-corrected chi connectivity index (χ1v) is 5.60. The average molecular weight is 238 g/mol. The van der Waals surface area contributed by atoms with Gasteiger partial charge in [0, 0.05) is 12.6 Å². The molecule has 2 heterocycles. The Morgan fingerprint density at radius 2 is 2.35 bits per heavy atom. The number of nitrogens with zero attached hydrogens (tertiary/aromatic N) is 2. The van der Waals surface area contributed by atoms with E-state index in [1.165, 1.54) is 11.2 Å². The normalized spacial score (nSPS) is 20.2. The Morgan fingerprint density at radius 3 is 3.00 bits per heavy atom. The molecule has 1 aliphatic heterocycles. The minimum Gasteiger partial charge on any atom is -0.480 e. The maximum Gasteiger partial charge on any atom is 0.326 e. The second kappa shape index (κ2) is 4.99. The highest BCUT2D eigenvalue weighted by Gasteiger charge is 2.31. The Morgan fingerprint density at radius 1 is 1.53 bits per heavy atom. The van der Waals surface area contributed by atoms with Crippen molar-refractivity contribution in [3.8, 4) is 0 Å². The van der Waals surface area contributed by atoms with E-state index in [9.17, 15) is 9.59 Å². The molecule has 0 aromatic carbocycles. The standard InChI is InChI=1S/C11H14N2O4/c14-10(7-8-4-6-17-12-8)13-5-2-1-3-9(13)11(15)16/h4,6,9H,1-3,5,7H2,(H,15,16). The largest absolute Gasteiger partial charge is 0.480 e.